The molecule has 0 aliphatic rings. The Hall–Kier alpha value is -1.77. The van der Waals surface area contributed by atoms with Crippen LogP contribution in [0.25, 0.3) is 5.57 Å². The van der Waals surface area contributed by atoms with Gasteiger partial charge in [-0.15, -0.1) is 0 Å². The molecule has 0 aliphatic heterocycles. The van der Waals surface area contributed by atoms with Gasteiger partial charge in [-0.2, -0.15) is 0 Å². The summed E-state index contributed by atoms with van der Waals surface area (Å²) < 4.78 is 9.65. The predicted octanol–water partition coefficient (Wildman–Crippen LogP) is 2.41. The highest BCUT2D eigenvalue weighted by Crippen LogP contribution is 2.21. The summed E-state index contributed by atoms with van der Waals surface area (Å²) >= 11 is 0. The summed E-state index contributed by atoms with van der Waals surface area (Å²) in [6.07, 6.45) is 2.27. The van der Waals surface area contributed by atoms with Crippen molar-refractivity contribution in [3.05, 3.63) is 41.7 Å². The van der Waals surface area contributed by atoms with Crippen molar-refractivity contribution < 1.29 is 14.3 Å². The number of methoxy groups -OCH3 is 2. The van der Waals surface area contributed by atoms with Crippen LogP contribution in [0.15, 0.2) is 30.5 Å². The van der Waals surface area contributed by atoms with Gasteiger partial charge in [-0.25, -0.2) is 4.79 Å². The Morgan fingerprint density at radius 2 is 2.00 bits per heavy atom. The number of hydrogen-bond acceptors (Lipinski definition) is 3. The molecule has 1 aromatic carbocycles. The fourth-order valence-electron chi connectivity index (χ4n) is 1.54. The fraction of sp³-hybridized carbons (Fsp3) is 0.308. The highest BCUT2D eigenvalue weighted by Gasteiger charge is 2.15. The fourth-order valence-corrected chi connectivity index (χ4v) is 1.54. The smallest absolute Gasteiger partial charge is 0.341 e. The van der Waals surface area contributed by atoms with Crippen LogP contribution in [0.1, 0.15) is 18.1 Å². The Morgan fingerprint density at radius 1 is 1.31 bits per heavy atom. The molecule has 0 spiro atoms. The van der Waals surface area contributed by atoms with Crippen molar-refractivity contribution in [1.29, 1.82) is 0 Å². The maximum absolute atomic E-state index is 11.6. The van der Waals surface area contributed by atoms with Gasteiger partial charge in [0.25, 0.3) is 0 Å². The molecule has 3 nitrogen and oxygen atoms in total. The second-order valence-corrected chi connectivity index (χ2v) is 3.27. The van der Waals surface area contributed by atoms with Crippen molar-refractivity contribution in [3.63, 3.8) is 0 Å². The lowest BCUT2D eigenvalue weighted by molar-refractivity contribution is -0.133. The maximum atomic E-state index is 11.6. The topological polar surface area (TPSA) is 35.5 Å². The SMILES string of the molecule is CCc1ccccc1/C(=C\OC)C(=O)OC. The second-order valence-electron chi connectivity index (χ2n) is 3.27. The molecule has 0 atom stereocenters. The van der Waals surface area contributed by atoms with Gasteiger partial charge in [-0.05, 0) is 17.5 Å². The van der Waals surface area contributed by atoms with Gasteiger partial charge in [-0.1, -0.05) is 31.2 Å². The van der Waals surface area contributed by atoms with E-state index in [2.05, 4.69) is 0 Å². The number of rotatable bonds is 4. The quantitative estimate of drug-likeness (QED) is 0.444. The van der Waals surface area contributed by atoms with Gasteiger partial charge >= 0.3 is 5.97 Å². The van der Waals surface area contributed by atoms with E-state index in [0.29, 0.717) is 5.57 Å². The van der Waals surface area contributed by atoms with Crippen LogP contribution in [0.3, 0.4) is 0 Å². The summed E-state index contributed by atoms with van der Waals surface area (Å²) in [5, 5.41) is 0. The lowest BCUT2D eigenvalue weighted by Crippen LogP contribution is -2.06. The van der Waals surface area contributed by atoms with E-state index in [1.807, 2.05) is 31.2 Å². The van der Waals surface area contributed by atoms with Crippen molar-refractivity contribution in [2.24, 2.45) is 0 Å². The molecule has 0 radical (unpaired) electrons. The van der Waals surface area contributed by atoms with Crippen LogP contribution in [0.5, 0.6) is 0 Å². The highest BCUT2D eigenvalue weighted by molar-refractivity contribution is 6.16. The third kappa shape index (κ3) is 2.63. The van der Waals surface area contributed by atoms with Gasteiger partial charge in [0.05, 0.1) is 20.5 Å². The van der Waals surface area contributed by atoms with Crippen molar-refractivity contribution in [1.82, 2.24) is 0 Å². The van der Waals surface area contributed by atoms with E-state index in [4.69, 9.17) is 9.47 Å². The zero-order valence-electron chi connectivity index (χ0n) is 9.82. The monoisotopic (exact) mass is 220 g/mol. The van der Waals surface area contributed by atoms with Crippen LogP contribution >= 0.6 is 0 Å². The number of carbonyl (C=O) groups excluding carboxylic acids is 1. The van der Waals surface area contributed by atoms with Crippen molar-refractivity contribution in [2.75, 3.05) is 14.2 Å². The molecule has 0 unspecified atom stereocenters. The molecular formula is C13H16O3. The normalized spacial score (nSPS) is 11.1. The van der Waals surface area contributed by atoms with Gasteiger partial charge < -0.3 is 9.47 Å². The van der Waals surface area contributed by atoms with E-state index in [9.17, 15) is 4.79 Å². The minimum Gasteiger partial charge on any atom is -0.503 e. The lowest BCUT2D eigenvalue weighted by atomic mass is 9.99. The average molecular weight is 220 g/mol. The Morgan fingerprint density at radius 3 is 2.56 bits per heavy atom. The third-order valence-corrected chi connectivity index (χ3v) is 2.33. The summed E-state index contributed by atoms with van der Waals surface area (Å²) in [7, 11) is 2.87. The Bertz CT molecular complexity index is 394. The molecule has 0 saturated heterocycles. The first-order valence-electron chi connectivity index (χ1n) is 5.14. The van der Waals surface area contributed by atoms with Crippen LogP contribution in [-0.2, 0) is 20.7 Å². The van der Waals surface area contributed by atoms with Gasteiger partial charge in [0, 0.05) is 0 Å². The minimum atomic E-state index is -0.386. The van der Waals surface area contributed by atoms with E-state index in [1.165, 1.54) is 20.5 Å². The van der Waals surface area contributed by atoms with Gasteiger partial charge in [0.2, 0.25) is 0 Å². The molecule has 1 rings (SSSR count). The molecule has 0 bridgehead atoms. The summed E-state index contributed by atoms with van der Waals surface area (Å²) in [5.41, 5.74) is 2.40. The summed E-state index contributed by atoms with van der Waals surface area (Å²) in [5.74, 6) is -0.386. The second kappa shape index (κ2) is 5.95. The number of aryl methyl sites for hydroxylation is 1. The number of ether oxygens (including phenoxy) is 2. The Balaban J connectivity index is 3.21. The summed E-state index contributed by atoms with van der Waals surface area (Å²) in [4.78, 5) is 11.6. The molecule has 0 aliphatic carbocycles. The highest BCUT2D eigenvalue weighted by atomic mass is 16.5. The number of benzene rings is 1. The third-order valence-electron chi connectivity index (χ3n) is 2.33. The Labute approximate surface area is 95.7 Å². The minimum absolute atomic E-state index is 0.386. The number of hydrogen-bond donors (Lipinski definition) is 0. The number of carbonyl (C=O) groups is 1. The van der Waals surface area contributed by atoms with E-state index < -0.39 is 0 Å². The number of esters is 1. The molecule has 16 heavy (non-hydrogen) atoms. The zero-order valence-corrected chi connectivity index (χ0v) is 9.82. The molecule has 0 saturated carbocycles. The van der Waals surface area contributed by atoms with E-state index in [-0.39, 0.29) is 5.97 Å². The molecule has 0 amide bonds. The summed E-state index contributed by atoms with van der Waals surface area (Å²) in [6, 6.07) is 7.72. The summed E-state index contributed by atoms with van der Waals surface area (Å²) in [6.45, 7) is 2.04. The molecular weight excluding hydrogens is 204 g/mol. The van der Waals surface area contributed by atoms with Crippen LogP contribution in [-0.4, -0.2) is 20.2 Å². The molecule has 86 valence electrons. The van der Waals surface area contributed by atoms with Crippen molar-refractivity contribution in [3.8, 4) is 0 Å². The van der Waals surface area contributed by atoms with Crippen LogP contribution in [0, 0.1) is 0 Å². The largest absolute Gasteiger partial charge is 0.503 e. The maximum Gasteiger partial charge on any atom is 0.341 e. The van der Waals surface area contributed by atoms with Crippen LogP contribution in [0.2, 0.25) is 0 Å². The van der Waals surface area contributed by atoms with Crippen molar-refractivity contribution >= 4 is 11.5 Å². The van der Waals surface area contributed by atoms with Gasteiger partial charge in [0.1, 0.15) is 5.57 Å². The van der Waals surface area contributed by atoms with Gasteiger partial charge in [0.15, 0.2) is 0 Å². The zero-order chi connectivity index (χ0) is 12.0. The van der Waals surface area contributed by atoms with Crippen molar-refractivity contribution in [2.45, 2.75) is 13.3 Å². The van der Waals surface area contributed by atoms with E-state index >= 15 is 0 Å². The van der Waals surface area contributed by atoms with Crippen LogP contribution in [0.4, 0.5) is 0 Å². The molecule has 0 fully saturated rings. The standard InChI is InChI=1S/C13H16O3/c1-4-10-7-5-6-8-11(10)12(9-15-2)13(14)16-3/h5-9H,4H2,1-3H3/b12-9+. The predicted molar refractivity (Wildman–Crippen MR) is 62.8 cm³/mol. The molecule has 3 heteroatoms. The molecule has 0 N–H and O–H groups in total. The first-order chi connectivity index (χ1) is 7.74. The average Bonchev–Trinajstić information content (AvgIpc) is 2.35. The van der Waals surface area contributed by atoms with Crippen LogP contribution < -0.4 is 0 Å². The molecule has 0 heterocycles. The first kappa shape index (κ1) is 12.3. The van der Waals surface area contributed by atoms with Gasteiger partial charge in [-0.3, -0.25) is 0 Å². The lowest BCUT2D eigenvalue weighted by Gasteiger charge is -2.09. The van der Waals surface area contributed by atoms with E-state index in [1.54, 1.807) is 0 Å². The van der Waals surface area contributed by atoms with E-state index in [0.717, 1.165) is 17.5 Å². The molecule has 0 aromatic heterocycles. The Kier molecular flexibility index (Phi) is 4.58. The first-order valence-corrected chi connectivity index (χ1v) is 5.14. The molecule has 1 aromatic rings.